The number of benzene rings is 2. The molecule has 1 N–H and O–H groups in total. The first kappa shape index (κ1) is 24.0. The fraction of sp³-hybridized carbons (Fsp3) is 0.391. The molecule has 0 radical (unpaired) electrons. The molecule has 2 aromatic carbocycles. The van der Waals surface area contributed by atoms with Crippen LogP contribution in [-0.4, -0.2) is 35.9 Å². The van der Waals surface area contributed by atoms with E-state index in [0.29, 0.717) is 28.6 Å². The van der Waals surface area contributed by atoms with Gasteiger partial charge in [-0.15, -0.1) is 0 Å². The molecule has 0 aliphatic rings. The first-order valence-electron chi connectivity index (χ1n) is 9.91. The Bertz CT molecular complexity index is 869. The smallest absolute Gasteiger partial charge is 0.243 e. The van der Waals surface area contributed by atoms with Crippen molar-refractivity contribution in [3.05, 3.63) is 63.6 Å². The summed E-state index contributed by atoms with van der Waals surface area (Å²) >= 11 is 12.2. The van der Waals surface area contributed by atoms with Gasteiger partial charge >= 0.3 is 0 Å². The maximum Gasteiger partial charge on any atom is 0.243 e. The second-order valence-electron chi connectivity index (χ2n) is 7.37. The minimum absolute atomic E-state index is 0.0183. The zero-order valence-electron chi connectivity index (χ0n) is 17.7. The monoisotopic (exact) mass is 450 g/mol. The van der Waals surface area contributed by atoms with Crippen molar-refractivity contribution < 1.29 is 14.3 Å². The van der Waals surface area contributed by atoms with Gasteiger partial charge in [0.1, 0.15) is 11.8 Å². The number of rotatable bonds is 9. The summed E-state index contributed by atoms with van der Waals surface area (Å²) < 4.78 is 5.20. The molecule has 0 aliphatic heterocycles. The van der Waals surface area contributed by atoms with Gasteiger partial charge in [-0.1, -0.05) is 48.3 Å². The number of nitrogens with zero attached hydrogens (tertiary/aromatic N) is 1. The Labute approximate surface area is 188 Å². The van der Waals surface area contributed by atoms with E-state index in [0.717, 1.165) is 11.3 Å². The zero-order valence-corrected chi connectivity index (χ0v) is 19.3. The van der Waals surface area contributed by atoms with Crippen molar-refractivity contribution in [2.45, 2.75) is 52.2 Å². The van der Waals surface area contributed by atoms with Gasteiger partial charge in [0.2, 0.25) is 11.8 Å². The third kappa shape index (κ3) is 6.64. The molecule has 2 rings (SSSR count). The number of carbonyl (C=O) groups is 2. The number of amides is 2. The molecule has 0 spiro atoms. The molecule has 0 heterocycles. The van der Waals surface area contributed by atoms with Crippen LogP contribution in [0, 0.1) is 0 Å². The summed E-state index contributed by atoms with van der Waals surface area (Å²) in [5.74, 6) is 0.381. The second-order valence-corrected chi connectivity index (χ2v) is 8.21. The molecule has 5 nitrogen and oxygen atoms in total. The van der Waals surface area contributed by atoms with E-state index in [9.17, 15) is 9.59 Å². The predicted molar refractivity (Wildman–Crippen MR) is 121 cm³/mol. The van der Waals surface area contributed by atoms with Crippen LogP contribution in [0.4, 0.5) is 0 Å². The Kier molecular flexibility index (Phi) is 9.00. The first-order valence-corrected chi connectivity index (χ1v) is 10.7. The van der Waals surface area contributed by atoms with E-state index in [1.165, 1.54) is 0 Å². The standard InChI is InChI=1S/C23H28Cl2N2O3/c1-5-21(23(29)26-15(2)3)27(14-16-6-10-19(30-4)11-7-16)22(28)12-17-8-9-18(24)13-20(17)25/h6-11,13,15,21H,5,12,14H2,1-4H3,(H,26,29)/t21-/m1/s1. The van der Waals surface area contributed by atoms with Crippen LogP contribution in [0.15, 0.2) is 42.5 Å². The zero-order chi connectivity index (χ0) is 22.3. The van der Waals surface area contributed by atoms with Gasteiger partial charge < -0.3 is 15.0 Å². The van der Waals surface area contributed by atoms with Gasteiger partial charge in [-0.3, -0.25) is 9.59 Å². The van der Waals surface area contributed by atoms with Crippen molar-refractivity contribution in [2.75, 3.05) is 7.11 Å². The van der Waals surface area contributed by atoms with E-state index in [1.807, 2.05) is 45.0 Å². The third-order valence-corrected chi connectivity index (χ3v) is 5.27. The van der Waals surface area contributed by atoms with Crippen molar-refractivity contribution >= 4 is 35.0 Å². The fourth-order valence-electron chi connectivity index (χ4n) is 3.16. The lowest BCUT2D eigenvalue weighted by atomic mass is 10.1. The quantitative estimate of drug-likeness (QED) is 0.592. The highest BCUT2D eigenvalue weighted by Gasteiger charge is 2.29. The third-order valence-electron chi connectivity index (χ3n) is 4.69. The maximum atomic E-state index is 13.3. The van der Waals surface area contributed by atoms with Crippen molar-refractivity contribution in [1.29, 1.82) is 0 Å². The summed E-state index contributed by atoms with van der Waals surface area (Å²) in [6.45, 7) is 5.99. The number of methoxy groups -OCH3 is 1. The Morgan fingerprint density at radius 2 is 1.77 bits per heavy atom. The summed E-state index contributed by atoms with van der Waals surface area (Å²) in [5.41, 5.74) is 1.58. The molecule has 2 amide bonds. The average molecular weight is 451 g/mol. The predicted octanol–water partition coefficient (Wildman–Crippen LogP) is 4.88. The molecular weight excluding hydrogens is 423 g/mol. The molecule has 2 aromatic rings. The Morgan fingerprint density at radius 1 is 1.10 bits per heavy atom. The summed E-state index contributed by atoms with van der Waals surface area (Å²) in [6, 6.07) is 11.9. The summed E-state index contributed by atoms with van der Waals surface area (Å²) in [5, 5.41) is 3.86. The number of halogens is 2. The molecule has 0 unspecified atom stereocenters. The van der Waals surface area contributed by atoms with E-state index in [4.69, 9.17) is 27.9 Å². The topological polar surface area (TPSA) is 58.6 Å². The largest absolute Gasteiger partial charge is 0.497 e. The van der Waals surface area contributed by atoms with Gasteiger partial charge in [0.25, 0.3) is 0 Å². The lowest BCUT2D eigenvalue weighted by molar-refractivity contribution is -0.141. The highest BCUT2D eigenvalue weighted by atomic mass is 35.5. The van der Waals surface area contributed by atoms with Crippen LogP contribution in [0.25, 0.3) is 0 Å². The lowest BCUT2D eigenvalue weighted by Gasteiger charge is -2.31. The highest BCUT2D eigenvalue weighted by Crippen LogP contribution is 2.23. The minimum Gasteiger partial charge on any atom is -0.497 e. The molecule has 0 fully saturated rings. The van der Waals surface area contributed by atoms with E-state index in [2.05, 4.69) is 5.32 Å². The first-order chi connectivity index (χ1) is 14.2. The van der Waals surface area contributed by atoms with Gasteiger partial charge in [0.15, 0.2) is 0 Å². The summed E-state index contributed by atoms with van der Waals surface area (Å²) in [4.78, 5) is 27.7. The van der Waals surface area contributed by atoms with Crippen LogP contribution in [0.5, 0.6) is 5.75 Å². The van der Waals surface area contributed by atoms with Crippen LogP contribution in [0.3, 0.4) is 0 Å². The van der Waals surface area contributed by atoms with Crippen LogP contribution in [0.2, 0.25) is 10.0 Å². The van der Waals surface area contributed by atoms with E-state index >= 15 is 0 Å². The van der Waals surface area contributed by atoms with E-state index < -0.39 is 6.04 Å². The Morgan fingerprint density at radius 3 is 2.30 bits per heavy atom. The summed E-state index contributed by atoms with van der Waals surface area (Å²) in [6.07, 6.45) is 0.576. The lowest BCUT2D eigenvalue weighted by Crippen LogP contribution is -2.50. The molecule has 0 aliphatic carbocycles. The number of hydrogen-bond donors (Lipinski definition) is 1. The van der Waals surface area contributed by atoms with Crippen molar-refractivity contribution in [2.24, 2.45) is 0 Å². The number of carbonyl (C=O) groups excluding carboxylic acids is 2. The van der Waals surface area contributed by atoms with Crippen molar-refractivity contribution in [3.63, 3.8) is 0 Å². The van der Waals surface area contributed by atoms with Crippen LogP contribution >= 0.6 is 23.2 Å². The fourth-order valence-corrected chi connectivity index (χ4v) is 3.63. The van der Waals surface area contributed by atoms with Gasteiger partial charge in [0, 0.05) is 22.6 Å². The highest BCUT2D eigenvalue weighted by molar-refractivity contribution is 6.35. The molecule has 1 atom stereocenters. The SMILES string of the molecule is CC[C@H](C(=O)NC(C)C)N(Cc1ccc(OC)cc1)C(=O)Cc1ccc(Cl)cc1Cl. The number of hydrogen-bond acceptors (Lipinski definition) is 3. The van der Waals surface area contributed by atoms with Crippen LogP contribution in [0.1, 0.15) is 38.3 Å². The molecule has 0 bridgehead atoms. The van der Waals surface area contributed by atoms with E-state index in [-0.39, 0.29) is 24.3 Å². The molecule has 0 saturated carbocycles. The van der Waals surface area contributed by atoms with Crippen LogP contribution < -0.4 is 10.1 Å². The molecule has 0 saturated heterocycles. The molecule has 7 heteroatoms. The van der Waals surface area contributed by atoms with Crippen molar-refractivity contribution in [3.8, 4) is 5.75 Å². The van der Waals surface area contributed by atoms with Gasteiger partial charge in [-0.2, -0.15) is 0 Å². The number of ether oxygens (including phenoxy) is 1. The average Bonchev–Trinajstić information content (AvgIpc) is 2.69. The van der Waals surface area contributed by atoms with Gasteiger partial charge in [-0.05, 0) is 55.7 Å². The van der Waals surface area contributed by atoms with Crippen LogP contribution in [-0.2, 0) is 22.6 Å². The molecule has 0 aromatic heterocycles. The normalized spacial score (nSPS) is 11.8. The van der Waals surface area contributed by atoms with Gasteiger partial charge in [-0.25, -0.2) is 0 Å². The second kappa shape index (κ2) is 11.2. The Balaban J connectivity index is 2.31. The minimum atomic E-state index is -0.590. The Hall–Kier alpha value is -2.24. The van der Waals surface area contributed by atoms with E-state index in [1.54, 1.807) is 30.2 Å². The molecule has 30 heavy (non-hydrogen) atoms. The number of nitrogens with one attached hydrogen (secondary N) is 1. The van der Waals surface area contributed by atoms with Crippen molar-refractivity contribution in [1.82, 2.24) is 10.2 Å². The molecular formula is C23H28Cl2N2O3. The maximum absolute atomic E-state index is 13.3. The molecule has 162 valence electrons. The summed E-state index contributed by atoms with van der Waals surface area (Å²) in [7, 11) is 1.60. The van der Waals surface area contributed by atoms with Gasteiger partial charge in [0.05, 0.1) is 13.5 Å².